The minimum absolute atomic E-state index is 0.208. The summed E-state index contributed by atoms with van der Waals surface area (Å²) in [5.74, 6) is 1.44. The van der Waals surface area contributed by atoms with Gasteiger partial charge < -0.3 is 29.4 Å². The fourth-order valence-corrected chi connectivity index (χ4v) is 4.91. The fraction of sp³-hybridized carbons (Fsp3) is 0.200. The molecule has 0 saturated carbocycles. The van der Waals surface area contributed by atoms with Crippen LogP contribution in [0.2, 0.25) is 5.02 Å². The molecule has 4 aromatic carbocycles. The van der Waals surface area contributed by atoms with Crippen molar-refractivity contribution in [3.05, 3.63) is 106 Å². The lowest BCUT2D eigenvalue weighted by Crippen LogP contribution is -2.22. The first-order valence-corrected chi connectivity index (χ1v) is 14.1. The minimum Gasteiger partial charge on any atom is -0.488 e. The van der Waals surface area contributed by atoms with Crippen molar-refractivity contribution in [2.75, 3.05) is 19.8 Å². The Hall–Kier alpha value is -5.15. The van der Waals surface area contributed by atoms with Crippen molar-refractivity contribution in [1.29, 1.82) is 5.26 Å². The van der Waals surface area contributed by atoms with E-state index in [9.17, 15) is 10.1 Å². The van der Waals surface area contributed by atoms with Gasteiger partial charge in [-0.2, -0.15) is 5.26 Å². The number of carboxylic acid groups (broad SMARTS) is 1. The number of nitrogens with zero attached hydrogens (tertiary/aromatic N) is 1. The van der Waals surface area contributed by atoms with Gasteiger partial charge in [-0.1, -0.05) is 48.0 Å². The van der Waals surface area contributed by atoms with Crippen molar-refractivity contribution in [2.24, 2.45) is 0 Å². The molecule has 0 amide bonds. The zero-order valence-corrected chi connectivity index (χ0v) is 24.9. The second-order valence-corrected chi connectivity index (χ2v) is 10.1. The molecule has 4 aromatic rings. The van der Waals surface area contributed by atoms with Crippen molar-refractivity contribution in [2.45, 2.75) is 26.7 Å². The molecule has 0 spiro atoms. The number of ether oxygens (including phenoxy) is 4. The summed E-state index contributed by atoms with van der Waals surface area (Å²) in [7, 11) is 0. The van der Waals surface area contributed by atoms with Crippen molar-refractivity contribution in [1.82, 2.24) is 5.32 Å². The summed E-state index contributed by atoms with van der Waals surface area (Å²) in [6.07, 6.45) is 8.00. The molecule has 8 nitrogen and oxygen atoms in total. The van der Waals surface area contributed by atoms with Crippen molar-refractivity contribution < 1.29 is 28.8 Å². The van der Waals surface area contributed by atoms with E-state index in [2.05, 4.69) is 30.3 Å². The van der Waals surface area contributed by atoms with Crippen molar-refractivity contribution >= 4 is 17.6 Å². The monoisotopic (exact) mass is 610 g/mol. The molecule has 2 N–H and O–H groups in total. The van der Waals surface area contributed by atoms with Crippen LogP contribution in [0.25, 0.3) is 11.1 Å². The average Bonchev–Trinajstić information content (AvgIpc) is 3.05. The Bertz CT molecular complexity index is 1690. The number of aliphatic carboxylic acids is 1. The third-order valence-corrected chi connectivity index (χ3v) is 7.13. The molecule has 0 unspecified atom stereocenters. The molecule has 44 heavy (non-hydrogen) atoms. The van der Waals surface area contributed by atoms with Crippen LogP contribution in [-0.4, -0.2) is 30.8 Å². The molecule has 0 atom stereocenters. The van der Waals surface area contributed by atoms with Gasteiger partial charge in [0, 0.05) is 18.2 Å². The topological polar surface area (TPSA) is 110 Å². The highest BCUT2D eigenvalue weighted by Gasteiger charge is 2.16. The summed E-state index contributed by atoms with van der Waals surface area (Å²) in [6, 6.07) is 24.7. The van der Waals surface area contributed by atoms with Crippen LogP contribution < -0.4 is 24.3 Å². The van der Waals surface area contributed by atoms with Crippen molar-refractivity contribution in [3.63, 3.8) is 0 Å². The number of rotatable bonds is 11. The summed E-state index contributed by atoms with van der Waals surface area (Å²) in [4.78, 5) is 11.0. The number of nitrogens with one attached hydrogen (secondary N) is 1. The summed E-state index contributed by atoms with van der Waals surface area (Å²) >= 11 is 6.61. The maximum atomic E-state index is 11.0. The van der Waals surface area contributed by atoms with E-state index in [1.165, 1.54) is 0 Å². The van der Waals surface area contributed by atoms with Crippen LogP contribution in [0.3, 0.4) is 0 Å². The lowest BCUT2D eigenvalue weighted by molar-refractivity contribution is -0.136. The SMILES string of the molecule is C#C.Cc1c(COc2cc(OCc3cccc(C#N)c3)c(CNCC(=O)O)cc2Cl)cccc1-c1ccc2c(c1)OCCO2. The highest BCUT2D eigenvalue weighted by molar-refractivity contribution is 6.32. The number of terminal acetylenes is 1. The standard InChI is InChI=1S/C33H29ClN2O6.C2H2/c1-21-25(6-3-7-27(21)24-8-9-29-32(14-24)40-11-10-39-29)20-42-31-15-30(26(13-28(31)34)17-36-18-33(37)38)41-19-23-5-2-4-22(12-23)16-35;1-2/h2-9,12-15,36H,10-11,17-20H2,1H3,(H,37,38);1-2H. The highest BCUT2D eigenvalue weighted by Crippen LogP contribution is 2.37. The van der Waals surface area contributed by atoms with E-state index in [-0.39, 0.29) is 26.3 Å². The van der Waals surface area contributed by atoms with Gasteiger partial charge in [0.1, 0.15) is 37.9 Å². The van der Waals surface area contributed by atoms with E-state index in [0.29, 0.717) is 40.9 Å². The first-order chi connectivity index (χ1) is 21.4. The molecular weight excluding hydrogens is 580 g/mol. The average molecular weight is 611 g/mol. The van der Waals surface area contributed by atoms with Gasteiger partial charge in [-0.05, 0) is 65.1 Å². The van der Waals surface area contributed by atoms with Crippen LogP contribution in [-0.2, 0) is 24.6 Å². The molecular formula is C35H31ClN2O6. The number of nitriles is 1. The van der Waals surface area contributed by atoms with Gasteiger partial charge in [0.2, 0.25) is 0 Å². The van der Waals surface area contributed by atoms with E-state index >= 15 is 0 Å². The number of carbonyl (C=O) groups is 1. The molecule has 0 fully saturated rings. The molecule has 0 bridgehead atoms. The van der Waals surface area contributed by atoms with Gasteiger partial charge in [0.15, 0.2) is 11.5 Å². The van der Waals surface area contributed by atoms with Crippen LogP contribution in [0.1, 0.15) is 27.8 Å². The molecule has 1 aliphatic heterocycles. The Morgan fingerprint density at radius 3 is 2.48 bits per heavy atom. The van der Waals surface area contributed by atoms with Gasteiger partial charge in [0.05, 0.1) is 23.2 Å². The summed E-state index contributed by atoms with van der Waals surface area (Å²) in [6.45, 7) is 3.62. The predicted octanol–water partition coefficient (Wildman–Crippen LogP) is 6.54. The van der Waals surface area contributed by atoms with Crippen LogP contribution in [0.15, 0.2) is 72.8 Å². The summed E-state index contributed by atoms with van der Waals surface area (Å²) < 4.78 is 23.7. The van der Waals surface area contributed by atoms with Crippen molar-refractivity contribution in [3.8, 4) is 53.0 Å². The third kappa shape index (κ3) is 8.02. The van der Waals surface area contributed by atoms with E-state index in [1.54, 1.807) is 30.3 Å². The highest BCUT2D eigenvalue weighted by atomic mass is 35.5. The van der Waals surface area contributed by atoms with E-state index in [0.717, 1.165) is 39.3 Å². The normalized spacial score (nSPS) is 11.4. The second kappa shape index (κ2) is 15.4. The largest absolute Gasteiger partial charge is 0.488 e. The summed E-state index contributed by atoms with van der Waals surface area (Å²) in [5.41, 5.74) is 6.17. The molecule has 224 valence electrons. The van der Waals surface area contributed by atoms with Crippen LogP contribution in [0.5, 0.6) is 23.0 Å². The fourth-order valence-electron chi connectivity index (χ4n) is 4.67. The molecule has 0 aliphatic carbocycles. The van der Waals surface area contributed by atoms with Crippen LogP contribution in [0, 0.1) is 31.1 Å². The van der Waals surface area contributed by atoms with E-state index in [4.69, 9.17) is 35.7 Å². The van der Waals surface area contributed by atoms with E-state index < -0.39 is 5.97 Å². The molecule has 0 saturated heterocycles. The number of carboxylic acids is 1. The maximum Gasteiger partial charge on any atom is 0.317 e. The predicted molar refractivity (Wildman–Crippen MR) is 168 cm³/mol. The number of halogens is 1. The molecule has 0 aromatic heterocycles. The number of hydrogen-bond donors (Lipinski definition) is 2. The molecule has 1 aliphatic rings. The third-order valence-electron chi connectivity index (χ3n) is 6.84. The van der Waals surface area contributed by atoms with Crippen LogP contribution in [0.4, 0.5) is 0 Å². The number of benzene rings is 4. The van der Waals surface area contributed by atoms with Gasteiger partial charge in [-0.15, -0.1) is 12.8 Å². The van der Waals surface area contributed by atoms with Gasteiger partial charge >= 0.3 is 5.97 Å². The summed E-state index contributed by atoms with van der Waals surface area (Å²) in [5, 5.41) is 21.5. The Kier molecular flexibility index (Phi) is 11.1. The first kappa shape index (κ1) is 31.8. The molecule has 5 rings (SSSR count). The van der Waals surface area contributed by atoms with Gasteiger partial charge in [-0.25, -0.2) is 0 Å². The smallest absolute Gasteiger partial charge is 0.317 e. The van der Waals surface area contributed by atoms with Gasteiger partial charge in [0.25, 0.3) is 0 Å². The van der Waals surface area contributed by atoms with Gasteiger partial charge in [-0.3, -0.25) is 4.79 Å². The molecule has 0 radical (unpaired) electrons. The Morgan fingerprint density at radius 2 is 1.70 bits per heavy atom. The molecule has 9 heteroatoms. The lowest BCUT2D eigenvalue weighted by atomic mass is 9.96. The number of hydrogen-bond acceptors (Lipinski definition) is 7. The van der Waals surface area contributed by atoms with Crippen LogP contribution >= 0.6 is 11.6 Å². The zero-order valence-electron chi connectivity index (χ0n) is 24.1. The van der Waals surface area contributed by atoms with E-state index in [1.807, 2.05) is 43.3 Å². The number of fused-ring (bicyclic) bond motifs is 1. The zero-order chi connectivity index (χ0) is 31.5. The second-order valence-electron chi connectivity index (χ2n) is 9.73. The molecule has 1 heterocycles. The Morgan fingerprint density at radius 1 is 0.955 bits per heavy atom. The minimum atomic E-state index is -0.967. The first-order valence-electron chi connectivity index (χ1n) is 13.7. The quantitative estimate of drug-likeness (QED) is 0.184. The lowest BCUT2D eigenvalue weighted by Gasteiger charge is -2.20. The maximum absolute atomic E-state index is 11.0. The Labute approximate surface area is 261 Å². The Balaban J connectivity index is 0.00000216.